The highest BCUT2D eigenvalue weighted by molar-refractivity contribution is 5.49. The van der Waals surface area contributed by atoms with Crippen molar-refractivity contribution in [2.75, 3.05) is 0 Å². The van der Waals surface area contributed by atoms with Gasteiger partial charge in [-0.05, 0) is 13.0 Å². The Bertz CT molecular complexity index is 598. The van der Waals surface area contributed by atoms with Crippen molar-refractivity contribution in [1.29, 1.82) is 0 Å². The Morgan fingerprint density at radius 3 is 2.63 bits per heavy atom. The first kappa shape index (κ1) is 12.9. The minimum atomic E-state index is -0.458. The molecule has 1 aromatic carbocycles. The van der Waals surface area contributed by atoms with E-state index in [1.165, 1.54) is 6.07 Å². The summed E-state index contributed by atoms with van der Waals surface area (Å²) in [7, 11) is 0. The van der Waals surface area contributed by atoms with Crippen molar-refractivity contribution in [1.82, 2.24) is 9.97 Å². The van der Waals surface area contributed by atoms with Gasteiger partial charge in [-0.2, -0.15) is 0 Å². The third-order valence-electron chi connectivity index (χ3n) is 2.57. The van der Waals surface area contributed by atoms with Crippen LogP contribution in [0.25, 0.3) is 0 Å². The first-order valence-electron chi connectivity index (χ1n) is 5.54. The predicted molar refractivity (Wildman–Crippen MR) is 67.8 cm³/mol. The summed E-state index contributed by atoms with van der Waals surface area (Å²) >= 11 is 0. The van der Waals surface area contributed by atoms with Crippen LogP contribution in [0.1, 0.15) is 11.1 Å². The van der Waals surface area contributed by atoms with Crippen LogP contribution in [0.2, 0.25) is 0 Å². The molecule has 0 aliphatic heterocycles. The van der Waals surface area contributed by atoms with Gasteiger partial charge in [0.2, 0.25) is 0 Å². The van der Waals surface area contributed by atoms with Crippen molar-refractivity contribution >= 4 is 5.69 Å². The van der Waals surface area contributed by atoms with Crippen molar-refractivity contribution in [3.8, 4) is 11.8 Å². The van der Waals surface area contributed by atoms with Gasteiger partial charge in [0.25, 0.3) is 5.69 Å². The molecule has 7 nitrogen and oxygen atoms in total. The molecule has 0 radical (unpaired) electrons. The summed E-state index contributed by atoms with van der Waals surface area (Å²) in [6.45, 7) is 1.96. The fraction of sp³-hybridized carbons (Fsp3) is 0.167. The standard InChI is InChI=1S/C12H12N4O3/c1-8-10(16(17)18)3-2-4-11(8)19-12-14-6-9(5-13)7-15-12/h2-4,6-7H,5,13H2,1H3. The number of ether oxygens (including phenoxy) is 1. The van der Waals surface area contributed by atoms with E-state index in [4.69, 9.17) is 10.5 Å². The highest BCUT2D eigenvalue weighted by Gasteiger charge is 2.15. The van der Waals surface area contributed by atoms with Crippen LogP contribution in [0.15, 0.2) is 30.6 Å². The van der Waals surface area contributed by atoms with Gasteiger partial charge >= 0.3 is 6.01 Å². The summed E-state index contributed by atoms with van der Waals surface area (Å²) < 4.78 is 5.43. The Hall–Kier alpha value is -2.54. The molecule has 0 saturated heterocycles. The molecule has 2 N–H and O–H groups in total. The summed E-state index contributed by atoms with van der Waals surface area (Å²) in [4.78, 5) is 18.3. The van der Waals surface area contributed by atoms with E-state index < -0.39 is 4.92 Å². The lowest BCUT2D eigenvalue weighted by atomic mass is 10.2. The van der Waals surface area contributed by atoms with E-state index in [-0.39, 0.29) is 11.7 Å². The Labute approximate surface area is 109 Å². The molecule has 1 aromatic heterocycles. The molecule has 0 unspecified atom stereocenters. The van der Waals surface area contributed by atoms with E-state index >= 15 is 0 Å². The first-order chi connectivity index (χ1) is 9.11. The molecule has 1 heterocycles. The molecule has 0 atom stereocenters. The number of rotatable bonds is 4. The molecule has 0 aliphatic rings. The summed E-state index contributed by atoms with van der Waals surface area (Å²) in [5.74, 6) is 0.356. The molecule has 2 rings (SSSR count). The lowest BCUT2D eigenvalue weighted by Gasteiger charge is -2.07. The van der Waals surface area contributed by atoms with Gasteiger partial charge in [0.05, 0.1) is 10.5 Å². The Balaban J connectivity index is 2.27. The molecule has 0 amide bonds. The smallest absolute Gasteiger partial charge is 0.321 e. The van der Waals surface area contributed by atoms with E-state index in [0.717, 1.165) is 5.56 Å². The molecule has 98 valence electrons. The van der Waals surface area contributed by atoms with E-state index in [0.29, 0.717) is 17.9 Å². The molecule has 0 fully saturated rings. The fourth-order valence-electron chi connectivity index (χ4n) is 1.51. The average Bonchev–Trinajstić information content (AvgIpc) is 2.41. The molecular formula is C12H12N4O3. The van der Waals surface area contributed by atoms with Gasteiger partial charge in [-0.15, -0.1) is 0 Å². The second-order valence-corrected chi connectivity index (χ2v) is 3.84. The lowest BCUT2D eigenvalue weighted by molar-refractivity contribution is -0.385. The number of nitrogens with zero attached hydrogens (tertiary/aromatic N) is 3. The highest BCUT2D eigenvalue weighted by atomic mass is 16.6. The monoisotopic (exact) mass is 260 g/mol. The van der Waals surface area contributed by atoms with Crippen molar-refractivity contribution in [3.05, 3.63) is 51.8 Å². The van der Waals surface area contributed by atoms with Crippen LogP contribution < -0.4 is 10.5 Å². The predicted octanol–water partition coefficient (Wildman–Crippen LogP) is 1.94. The van der Waals surface area contributed by atoms with Crippen LogP contribution in [-0.4, -0.2) is 14.9 Å². The molecule has 0 saturated carbocycles. The van der Waals surface area contributed by atoms with Crippen molar-refractivity contribution in [3.63, 3.8) is 0 Å². The minimum Gasteiger partial charge on any atom is -0.424 e. The van der Waals surface area contributed by atoms with Crippen LogP contribution in [0.5, 0.6) is 11.8 Å². The van der Waals surface area contributed by atoms with E-state index in [2.05, 4.69) is 9.97 Å². The van der Waals surface area contributed by atoms with Crippen LogP contribution in [-0.2, 0) is 6.54 Å². The van der Waals surface area contributed by atoms with Gasteiger partial charge in [-0.25, -0.2) is 9.97 Å². The highest BCUT2D eigenvalue weighted by Crippen LogP contribution is 2.29. The van der Waals surface area contributed by atoms with Crippen LogP contribution in [0.4, 0.5) is 5.69 Å². The van der Waals surface area contributed by atoms with E-state index in [1.807, 2.05) is 0 Å². The van der Waals surface area contributed by atoms with Gasteiger partial charge in [-0.1, -0.05) is 6.07 Å². The SMILES string of the molecule is Cc1c(Oc2ncc(CN)cn2)cccc1[N+](=O)[O-]. The number of benzene rings is 1. The van der Waals surface area contributed by atoms with Crippen LogP contribution in [0, 0.1) is 17.0 Å². The van der Waals surface area contributed by atoms with Crippen molar-refractivity contribution < 1.29 is 9.66 Å². The first-order valence-corrected chi connectivity index (χ1v) is 5.54. The normalized spacial score (nSPS) is 10.2. The second kappa shape index (κ2) is 5.40. The maximum atomic E-state index is 10.8. The van der Waals surface area contributed by atoms with Gasteiger partial charge in [0.1, 0.15) is 5.75 Å². The largest absolute Gasteiger partial charge is 0.424 e. The third kappa shape index (κ3) is 2.83. The quantitative estimate of drug-likeness (QED) is 0.665. The second-order valence-electron chi connectivity index (χ2n) is 3.84. The van der Waals surface area contributed by atoms with E-state index in [9.17, 15) is 10.1 Å². The Morgan fingerprint density at radius 1 is 1.37 bits per heavy atom. The molecule has 0 spiro atoms. The number of nitrogens with two attached hydrogens (primary N) is 1. The molecule has 0 bridgehead atoms. The van der Waals surface area contributed by atoms with Crippen molar-refractivity contribution in [2.45, 2.75) is 13.5 Å². The summed E-state index contributed by atoms with van der Waals surface area (Å²) in [6.07, 6.45) is 3.10. The fourth-order valence-corrected chi connectivity index (χ4v) is 1.51. The van der Waals surface area contributed by atoms with Gasteiger partial charge in [-0.3, -0.25) is 10.1 Å². The number of hydrogen-bond donors (Lipinski definition) is 1. The number of nitro groups is 1. The number of nitro benzene ring substituents is 1. The summed E-state index contributed by atoms with van der Waals surface area (Å²) in [6, 6.07) is 4.72. The van der Waals surface area contributed by atoms with E-state index in [1.54, 1.807) is 31.5 Å². The maximum absolute atomic E-state index is 10.8. The minimum absolute atomic E-state index is 0.00363. The molecule has 7 heteroatoms. The average molecular weight is 260 g/mol. The zero-order valence-electron chi connectivity index (χ0n) is 10.2. The van der Waals surface area contributed by atoms with Crippen LogP contribution in [0.3, 0.4) is 0 Å². The van der Waals surface area contributed by atoms with Crippen molar-refractivity contribution in [2.24, 2.45) is 5.73 Å². The number of hydrogen-bond acceptors (Lipinski definition) is 6. The number of aromatic nitrogens is 2. The molecule has 0 aliphatic carbocycles. The van der Waals surface area contributed by atoms with Gasteiger partial charge in [0, 0.05) is 30.6 Å². The van der Waals surface area contributed by atoms with Crippen LogP contribution >= 0.6 is 0 Å². The zero-order chi connectivity index (χ0) is 13.8. The van der Waals surface area contributed by atoms with Gasteiger partial charge < -0.3 is 10.5 Å². The Kier molecular flexibility index (Phi) is 3.67. The maximum Gasteiger partial charge on any atom is 0.321 e. The summed E-state index contributed by atoms with van der Waals surface area (Å²) in [5, 5.41) is 10.8. The Morgan fingerprint density at radius 2 is 2.05 bits per heavy atom. The molecular weight excluding hydrogens is 248 g/mol. The topological polar surface area (TPSA) is 104 Å². The molecule has 2 aromatic rings. The lowest BCUT2D eigenvalue weighted by Crippen LogP contribution is -2.00. The van der Waals surface area contributed by atoms with Gasteiger partial charge in [0.15, 0.2) is 0 Å². The molecule has 19 heavy (non-hydrogen) atoms. The summed E-state index contributed by atoms with van der Waals surface area (Å²) in [5.41, 5.74) is 6.64. The third-order valence-corrected chi connectivity index (χ3v) is 2.57. The zero-order valence-corrected chi connectivity index (χ0v) is 10.2.